The second-order valence-corrected chi connectivity index (χ2v) is 4.45. The van der Waals surface area contributed by atoms with E-state index in [9.17, 15) is 9.59 Å². The molecule has 19 heavy (non-hydrogen) atoms. The summed E-state index contributed by atoms with van der Waals surface area (Å²) in [7, 11) is 0. The molecule has 1 aromatic heterocycles. The summed E-state index contributed by atoms with van der Waals surface area (Å²) in [5.41, 5.74) is 1.80. The molecule has 0 aliphatic rings. The summed E-state index contributed by atoms with van der Waals surface area (Å²) in [5.74, 6) is -0.335. The van der Waals surface area contributed by atoms with Gasteiger partial charge in [0.15, 0.2) is 6.29 Å². The molecule has 0 bridgehead atoms. The minimum absolute atomic E-state index is 0.237. The molecule has 0 aliphatic heterocycles. The molecule has 0 spiro atoms. The van der Waals surface area contributed by atoms with E-state index in [1.54, 1.807) is 12.1 Å². The number of nitrogens with zero attached hydrogens (tertiary/aromatic N) is 1. The van der Waals surface area contributed by atoms with Gasteiger partial charge in [0.25, 0.3) is 0 Å². The molecular formula is C14H12ClNO3. The number of pyridine rings is 1. The van der Waals surface area contributed by atoms with Crippen LogP contribution < -0.4 is 0 Å². The molecule has 5 heteroatoms. The molecule has 1 aromatic carbocycles. The number of fused-ring (bicyclic) bond motifs is 1. The Hall–Kier alpha value is -1.94. The summed E-state index contributed by atoms with van der Waals surface area (Å²) in [6, 6.07) is 7.08. The van der Waals surface area contributed by atoms with Gasteiger partial charge < -0.3 is 4.74 Å². The smallest absolute Gasteiger partial charge is 0.302 e. The second-order valence-electron chi connectivity index (χ2n) is 4.04. The normalized spacial score (nSPS) is 10.4. The Morgan fingerprint density at radius 3 is 2.79 bits per heavy atom. The molecule has 0 saturated carbocycles. The molecule has 1 heterocycles. The van der Waals surface area contributed by atoms with Gasteiger partial charge in [-0.15, -0.1) is 0 Å². The maximum absolute atomic E-state index is 10.8. The van der Waals surface area contributed by atoms with Crippen LogP contribution in [0, 0.1) is 0 Å². The topological polar surface area (TPSA) is 56.3 Å². The van der Waals surface area contributed by atoms with Crippen LogP contribution in [0.4, 0.5) is 0 Å². The third-order valence-corrected chi connectivity index (χ3v) is 3.06. The van der Waals surface area contributed by atoms with Crippen molar-refractivity contribution in [2.45, 2.75) is 13.3 Å². The van der Waals surface area contributed by atoms with Crippen LogP contribution in [-0.2, 0) is 16.0 Å². The summed E-state index contributed by atoms with van der Waals surface area (Å²) >= 11 is 6.15. The number of carbonyl (C=O) groups excluding carboxylic acids is 2. The molecule has 0 fully saturated rings. The van der Waals surface area contributed by atoms with E-state index in [4.69, 9.17) is 16.3 Å². The lowest BCUT2D eigenvalue weighted by Gasteiger charge is -2.09. The number of hydrogen-bond donors (Lipinski definition) is 0. The lowest BCUT2D eigenvalue weighted by atomic mass is 10.1. The predicted molar refractivity (Wildman–Crippen MR) is 72.5 cm³/mol. The number of benzene rings is 1. The highest BCUT2D eigenvalue weighted by atomic mass is 35.5. The van der Waals surface area contributed by atoms with E-state index in [1.807, 2.05) is 12.1 Å². The summed E-state index contributed by atoms with van der Waals surface area (Å²) in [4.78, 5) is 25.8. The number of ether oxygens (including phenoxy) is 1. The van der Waals surface area contributed by atoms with Gasteiger partial charge in [-0.2, -0.15) is 0 Å². The molecule has 2 aromatic rings. The van der Waals surface area contributed by atoms with Gasteiger partial charge in [-0.25, -0.2) is 4.98 Å². The van der Waals surface area contributed by atoms with Crippen molar-refractivity contribution in [3.63, 3.8) is 0 Å². The largest absolute Gasteiger partial charge is 0.466 e. The van der Waals surface area contributed by atoms with Gasteiger partial charge in [0.2, 0.25) is 0 Å². The maximum Gasteiger partial charge on any atom is 0.302 e. The van der Waals surface area contributed by atoms with E-state index in [0.29, 0.717) is 28.9 Å². The van der Waals surface area contributed by atoms with Gasteiger partial charge in [-0.3, -0.25) is 9.59 Å². The summed E-state index contributed by atoms with van der Waals surface area (Å²) in [6.07, 6.45) is 1.15. The molecule has 4 nitrogen and oxygen atoms in total. The molecule has 0 atom stereocenters. The zero-order valence-electron chi connectivity index (χ0n) is 10.4. The van der Waals surface area contributed by atoms with Crippen LogP contribution in [0.25, 0.3) is 10.9 Å². The van der Waals surface area contributed by atoms with Crippen LogP contribution in [0.15, 0.2) is 24.3 Å². The monoisotopic (exact) mass is 277 g/mol. The third kappa shape index (κ3) is 3.09. The Morgan fingerprint density at radius 2 is 2.11 bits per heavy atom. The predicted octanol–water partition coefficient (Wildman–Crippen LogP) is 2.81. The van der Waals surface area contributed by atoms with E-state index in [1.165, 1.54) is 6.92 Å². The zero-order chi connectivity index (χ0) is 13.8. The lowest BCUT2D eigenvalue weighted by Crippen LogP contribution is -2.05. The molecule has 0 amide bonds. The molecule has 0 unspecified atom stereocenters. The molecule has 0 N–H and O–H groups in total. The van der Waals surface area contributed by atoms with Gasteiger partial charge in [0.1, 0.15) is 5.69 Å². The highest BCUT2D eigenvalue weighted by molar-refractivity contribution is 6.32. The first kappa shape index (κ1) is 13.5. The molecule has 2 rings (SSSR count). The summed E-state index contributed by atoms with van der Waals surface area (Å²) < 4.78 is 4.91. The minimum atomic E-state index is -0.335. The standard InChI is InChI=1S/C14H12ClNO3/c1-9(18)19-7-6-12-13(15)5-3-10-2-4-11(8-17)16-14(10)12/h2-5,8H,6-7H2,1H3. The fraction of sp³-hybridized carbons (Fsp3) is 0.214. The van der Waals surface area contributed by atoms with E-state index in [0.717, 1.165) is 10.9 Å². The molecule has 0 aliphatic carbocycles. The second kappa shape index (κ2) is 5.80. The number of rotatable bonds is 4. The Kier molecular flexibility index (Phi) is 4.12. The fourth-order valence-electron chi connectivity index (χ4n) is 1.84. The first-order valence-corrected chi connectivity index (χ1v) is 6.16. The maximum atomic E-state index is 10.8. The number of halogens is 1. The summed E-state index contributed by atoms with van der Waals surface area (Å²) in [5, 5.41) is 1.45. The third-order valence-electron chi connectivity index (χ3n) is 2.71. The van der Waals surface area contributed by atoms with E-state index >= 15 is 0 Å². The first-order valence-electron chi connectivity index (χ1n) is 5.78. The van der Waals surface area contributed by atoms with Crippen LogP contribution in [-0.4, -0.2) is 23.8 Å². The number of carbonyl (C=O) groups is 2. The zero-order valence-corrected chi connectivity index (χ0v) is 11.1. The Bertz CT molecular complexity index is 640. The van der Waals surface area contributed by atoms with Crippen molar-refractivity contribution in [3.05, 3.63) is 40.5 Å². The highest BCUT2D eigenvalue weighted by Crippen LogP contribution is 2.25. The van der Waals surface area contributed by atoms with Gasteiger partial charge in [-0.1, -0.05) is 23.7 Å². The molecule has 98 valence electrons. The number of hydrogen-bond acceptors (Lipinski definition) is 4. The molecule has 0 saturated heterocycles. The van der Waals surface area contributed by atoms with Crippen molar-refractivity contribution in [3.8, 4) is 0 Å². The molecular weight excluding hydrogens is 266 g/mol. The van der Waals surface area contributed by atoms with Crippen molar-refractivity contribution in [2.75, 3.05) is 6.61 Å². The van der Waals surface area contributed by atoms with Crippen molar-refractivity contribution >= 4 is 34.8 Å². The van der Waals surface area contributed by atoms with Gasteiger partial charge in [0, 0.05) is 29.3 Å². The Morgan fingerprint density at radius 1 is 1.37 bits per heavy atom. The first-order chi connectivity index (χ1) is 9.11. The highest BCUT2D eigenvalue weighted by Gasteiger charge is 2.09. The van der Waals surface area contributed by atoms with Crippen LogP contribution in [0.1, 0.15) is 23.0 Å². The average Bonchev–Trinajstić information content (AvgIpc) is 2.40. The van der Waals surface area contributed by atoms with E-state index < -0.39 is 0 Å². The quantitative estimate of drug-likeness (QED) is 0.637. The Labute approximate surface area is 115 Å². The number of esters is 1. The van der Waals surface area contributed by atoms with Crippen LogP contribution in [0.5, 0.6) is 0 Å². The lowest BCUT2D eigenvalue weighted by molar-refractivity contribution is -0.140. The van der Waals surface area contributed by atoms with Crippen LogP contribution >= 0.6 is 11.6 Å². The van der Waals surface area contributed by atoms with Crippen molar-refractivity contribution in [2.24, 2.45) is 0 Å². The van der Waals surface area contributed by atoms with Gasteiger partial charge in [-0.05, 0) is 12.1 Å². The summed E-state index contributed by atoms with van der Waals surface area (Å²) in [6.45, 7) is 1.59. The molecule has 0 radical (unpaired) electrons. The van der Waals surface area contributed by atoms with E-state index in [2.05, 4.69) is 4.98 Å². The van der Waals surface area contributed by atoms with Crippen molar-refractivity contribution in [1.29, 1.82) is 0 Å². The number of aromatic nitrogens is 1. The van der Waals surface area contributed by atoms with Crippen molar-refractivity contribution < 1.29 is 14.3 Å². The Balaban J connectivity index is 2.41. The van der Waals surface area contributed by atoms with Gasteiger partial charge >= 0.3 is 5.97 Å². The average molecular weight is 278 g/mol. The van der Waals surface area contributed by atoms with Crippen LogP contribution in [0.3, 0.4) is 0 Å². The van der Waals surface area contributed by atoms with E-state index in [-0.39, 0.29) is 12.6 Å². The fourth-order valence-corrected chi connectivity index (χ4v) is 2.09. The van der Waals surface area contributed by atoms with Gasteiger partial charge in [0.05, 0.1) is 12.1 Å². The van der Waals surface area contributed by atoms with Crippen molar-refractivity contribution in [1.82, 2.24) is 4.98 Å². The minimum Gasteiger partial charge on any atom is -0.466 e. The number of aldehydes is 1. The SMILES string of the molecule is CC(=O)OCCc1c(Cl)ccc2ccc(C=O)nc12. The van der Waals surface area contributed by atoms with Crippen LogP contribution in [0.2, 0.25) is 5.02 Å².